The van der Waals surface area contributed by atoms with Crippen molar-refractivity contribution in [1.29, 1.82) is 0 Å². The molecule has 1 N–H and O–H groups in total. The number of thiophene rings is 1. The van der Waals surface area contributed by atoms with Crippen LogP contribution in [0.3, 0.4) is 0 Å². The van der Waals surface area contributed by atoms with Crippen LogP contribution in [0.25, 0.3) is 0 Å². The minimum absolute atomic E-state index is 0.00619. The Hall–Kier alpha value is -2.62. The fourth-order valence-corrected chi connectivity index (χ4v) is 5.14. The molecule has 1 aliphatic carbocycles. The molecule has 0 amide bonds. The van der Waals surface area contributed by atoms with Gasteiger partial charge in [-0.3, -0.25) is 4.79 Å². The quantitative estimate of drug-likeness (QED) is 0.402. The number of carboxylic acids is 1. The van der Waals surface area contributed by atoms with E-state index >= 15 is 0 Å². The van der Waals surface area contributed by atoms with Gasteiger partial charge in [0.15, 0.2) is 5.69 Å². The molecule has 3 rings (SSSR count). The number of aryl methyl sites for hydroxylation is 1. The second-order valence-corrected chi connectivity index (χ2v) is 8.86. The summed E-state index contributed by atoms with van der Waals surface area (Å²) in [6, 6.07) is 3.52. The van der Waals surface area contributed by atoms with Crippen LogP contribution in [0.2, 0.25) is 0 Å². The van der Waals surface area contributed by atoms with Crippen LogP contribution in [0, 0.1) is 0 Å². The summed E-state index contributed by atoms with van der Waals surface area (Å²) in [7, 11) is 0. The maximum atomic E-state index is 13.5. The van der Waals surface area contributed by atoms with E-state index < -0.39 is 23.4 Å². The number of carboxylic acid groups (broad SMARTS) is 1. The SMILES string of the molecule is CCCCc1nn(C(F)(F)F)c(C(=O)O)c1Cc1ccc(C2(C(=O)OCC)CC=CC2)s1. The van der Waals surface area contributed by atoms with E-state index in [1.54, 1.807) is 19.1 Å². The lowest BCUT2D eigenvalue weighted by molar-refractivity contribution is -0.213. The molecule has 1 aliphatic rings. The van der Waals surface area contributed by atoms with E-state index in [2.05, 4.69) is 5.10 Å². The first-order valence-corrected chi connectivity index (χ1v) is 11.3. The molecule has 0 spiro atoms. The van der Waals surface area contributed by atoms with E-state index in [1.165, 1.54) is 11.3 Å². The van der Waals surface area contributed by atoms with Crippen molar-refractivity contribution in [3.05, 3.63) is 51.0 Å². The fraction of sp³-hybridized carbons (Fsp3) is 0.500. The lowest BCUT2D eigenvalue weighted by atomic mass is 9.84. The van der Waals surface area contributed by atoms with Gasteiger partial charge < -0.3 is 9.84 Å². The molecule has 174 valence electrons. The van der Waals surface area contributed by atoms with Gasteiger partial charge in [-0.05, 0) is 44.7 Å². The minimum Gasteiger partial charge on any atom is -0.477 e. The van der Waals surface area contributed by atoms with Crippen molar-refractivity contribution in [1.82, 2.24) is 9.78 Å². The molecule has 0 radical (unpaired) electrons. The number of ether oxygens (including phenoxy) is 1. The Kier molecular flexibility index (Phi) is 7.12. The molecular formula is C22H25F3N2O4S. The van der Waals surface area contributed by atoms with Crippen LogP contribution < -0.4 is 0 Å². The predicted molar refractivity (Wildman–Crippen MR) is 113 cm³/mol. The summed E-state index contributed by atoms with van der Waals surface area (Å²) in [5, 5.41) is 13.2. The first-order chi connectivity index (χ1) is 15.1. The third-order valence-corrected chi connectivity index (χ3v) is 6.82. The second-order valence-electron chi connectivity index (χ2n) is 7.69. The van der Waals surface area contributed by atoms with Crippen molar-refractivity contribution in [2.75, 3.05) is 6.61 Å². The Bertz CT molecular complexity index is 1020. The first kappa shape index (κ1) is 24.0. The number of carbonyl (C=O) groups excluding carboxylic acids is 1. The van der Waals surface area contributed by atoms with Crippen LogP contribution in [0.4, 0.5) is 13.2 Å². The predicted octanol–water partition coefficient (Wildman–Crippen LogP) is 5.20. The third kappa shape index (κ3) is 4.60. The zero-order valence-corrected chi connectivity index (χ0v) is 18.7. The number of aromatic nitrogens is 2. The van der Waals surface area contributed by atoms with Gasteiger partial charge in [-0.25, -0.2) is 4.79 Å². The minimum atomic E-state index is -4.93. The van der Waals surface area contributed by atoms with Gasteiger partial charge >= 0.3 is 18.2 Å². The Balaban J connectivity index is 2.00. The van der Waals surface area contributed by atoms with Crippen LogP contribution in [0.5, 0.6) is 0 Å². The van der Waals surface area contributed by atoms with E-state index in [0.29, 0.717) is 24.1 Å². The number of alkyl halides is 3. The molecule has 2 aromatic heterocycles. The molecule has 6 nitrogen and oxygen atoms in total. The number of carbonyl (C=O) groups is 2. The number of halogens is 3. The Morgan fingerprint density at radius 2 is 1.94 bits per heavy atom. The van der Waals surface area contributed by atoms with Crippen molar-refractivity contribution < 1.29 is 32.6 Å². The largest absolute Gasteiger partial charge is 0.505 e. The van der Waals surface area contributed by atoms with Gasteiger partial charge in [0, 0.05) is 21.7 Å². The smallest absolute Gasteiger partial charge is 0.477 e. The van der Waals surface area contributed by atoms with Crippen LogP contribution in [-0.4, -0.2) is 33.4 Å². The number of hydrogen-bond acceptors (Lipinski definition) is 5. The zero-order chi connectivity index (χ0) is 23.5. The number of esters is 1. The maximum absolute atomic E-state index is 13.5. The molecule has 0 aliphatic heterocycles. The molecule has 0 bridgehead atoms. The highest BCUT2D eigenvalue weighted by Crippen LogP contribution is 2.42. The number of aromatic carboxylic acids is 1. The van der Waals surface area contributed by atoms with Crippen molar-refractivity contribution in [2.45, 2.75) is 64.1 Å². The maximum Gasteiger partial charge on any atom is 0.505 e. The summed E-state index contributed by atoms with van der Waals surface area (Å²) in [6.07, 6.45) is 1.44. The van der Waals surface area contributed by atoms with Gasteiger partial charge in [0.25, 0.3) is 0 Å². The summed E-state index contributed by atoms with van der Waals surface area (Å²) in [5.74, 6) is -2.01. The number of rotatable bonds is 9. The Morgan fingerprint density at radius 1 is 1.25 bits per heavy atom. The lowest BCUT2D eigenvalue weighted by Gasteiger charge is -2.25. The van der Waals surface area contributed by atoms with Gasteiger partial charge in [-0.15, -0.1) is 24.5 Å². The summed E-state index contributed by atoms with van der Waals surface area (Å²) in [5.41, 5.74) is -1.50. The molecule has 32 heavy (non-hydrogen) atoms. The van der Waals surface area contributed by atoms with E-state index in [4.69, 9.17) is 4.74 Å². The molecule has 10 heteroatoms. The number of hydrogen-bond donors (Lipinski definition) is 1. The zero-order valence-electron chi connectivity index (χ0n) is 17.9. The van der Waals surface area contributed by atoms with E-state index in [9.17, 15) is 27.9 Å². The molecule has 2 heterocycles. The molecule has 0 fully saturated rings. The van der Waals surface area contributed by atoms with E-state index in [-0.39, 0.29) is 41.4 Å². The Labute approximate surface area is 187 Å². The van der Waals surface area contributed by atoms with Crippen LogP contribution >= 0.6 is 11.3 Å². The van der Waals surface area contributed by atoms with Crippen LogP contribution in [0.15, 0.2) is 24.3 Å². The lowest BCUT2D eigenvalue weighted by Crippen LogP contribution is -2.34. The van der Waals surface area contributed by atoms with Crippen molar-refractivity contribution in [2.24, 2.45) is 0 Å². The highest BCUT2D eigenvalue weighted by Gasteiger charge is 2.44. The molecule has 0 unspecified atom stereocenters. The average Bonchev–Trinajstić information content (AvgIpc) is 3.45. The van der Waals surface area contributed by atoms with E-state index in [1.807, 2.05) is 19.1 Å². The van der Waals surface area contributed by atoms with Crippen molar-refractivity contribution >= 4 is 23.3 Å². The summed E-state index contributed by atoms with van der Waals surface area (Å²) >= 11 is 1.30. The van der Waals surface area contributed by atoms with Gasteiger partial charge in [0.2, 0.25) is 0 Å². The molecule has 0 atom stereocenters. The highest BCUT2D eigenvalue weighted by molar-refractivity contribution is 7.12. The van der Waals surface area contributed by atoms with Gasteiger partial charge in [-0.1, -0.05) is 25.5 Å². The van der Waals surface area contributed by atoms with Gasteiger partial charge in [0.1, 0.15) is 5.41 Å². The summed E-state index contributed by atoms with van der Waals surface area (Å²) < 4.78 is 45.3. The molecule has 0 saturated heterocycles. The topological polar surface area (TPSA) is 81.4 Å². The van der Waals surface area contributed by atoms with Crippen LogP contribution in [-0.2, 0) is 34.1 Å². The van der Waals surface area contributed by atoms with E-state index in [0.717, 1.165) is 11.3 Å². The van der Waals surface area contributed by atoms with Crippen LogP contribution in [0.1, 0.15) is 71.0 Å². The second kappa shape index (κ2) is 9.48. The number of allylic oxidation sites excluding steroid dienone is 2. The first-order valence-electron chi connectivity index (χ1n) is 10.5. The van der Waals surface area contributed by atoms with Crippen molar-refractivity contribution in [3.63, 3.8) is 0 Å². The molecule has 2 aromatic rings. The average molecular weight is 471 g/mol. The monoisotopic (exact) mass is 470 g/mol. The molecule has 0 aromatic carbocycles. The normalized spacial score (nSPS) is 15.3. The van der Waals surface area contributed by atoms with Gasteiger partial charge in [0.05, 0.1) is 12.3 Å². The fourth-order valence-electron chi connectivity index (χ4n) is 3.92. The standard InChI is InChI=1S/C22H25F3N2O4S/c1-3-5-8-16-15(18(19(28)29)27(26-16)22(23,24)25)13-14-9-10-17(32-14)21(11-6-7-12-21)20(30)31-4-2/h6-7,9-10H,3-5,8,11-13H2,1-2H3,(H,28,29). The summed E-state index contributed by atoms with van der Waals surface area (Å²) in [4.78, 5) is 25.9. The number of unbranched alkanes of at least 4 members (excludes halogenated alkanes) is 1. The Morgan fingerprint density at radius 3 is 2.50 bits per heavy atom. The summed E-state index contributed by atoms with van der Waals surface area (Å²) in [6.45, 7) is 3.88. The number of nitrogens with zero attached hydrogens (tertiary/aromatic N) is 2. The molecule has 0 saturated carbocycles. The third-order valence-electron chi connectivity index (χ3n) is 5.53. The van der Waals surface area contributed by atoms with Crippen molar-refractivity contribution in [3.8, 4) is 0 Å². The molecular weight excluding hydrogens is 445 g/mol. The highest BCUT2D eigenvalue weighted by atomic mass is 32.1. The van der Waals surface area contributed by atoms with Gasteiger partial charge in [-0.2, -0.15) is 9.78 Å².